The summed E-state index contributed by atoms with van der Waals surface area (Å²) in [5, 5.41) is 11.3. The Hall–Kier alpha value is -1.39. The first-order chi connectivity index (χ1) is 8.11. The van der Waals surface area contributed by atoms with Crippen molar-refractivity contribution in [3.63, 3.8) is 0 Å². The average molecular weight is 236 g/mol. The van der Waals surface area contributed by atoms with Gasteiger partial charge in [0.25, 0.3) is 0 Å². The second-order valence-corrected chi connectivity index (χ2v) is 4.31. The molecule has 0 aromatic heterocycles. The molecule has 4 nitrogen and oxygen atoms in total. The lowest BCUT2D eigenvalue weighted by molar-refractivity contribution is -0.124. The SMILES string of the molecule is CC(CN(C)Cc1ccccc1)NC(=O)CO. The standard InChI is InChI=1S/C13H20N2O2/c1-11(14-13(17)10-16)8-15(2)9-12-6-4-3-5-7-12/h3-7,11,16H,8-10H2,1-2H3,(H,14,17). The van der Waals surface area contributed by atoms with E-state index in [4.69, 9.17) is 5.11 Å². The van der Waals surface area contributed by atoms with Crippen LogP contribution < -0.4 is 5.32 Å². The predicted molar refractivity (Wildman–Crippen MR) is 67.5 cm³/mol. The lowest BCUT2D eigenvalue weighted by Gasteiger charge is -2.22. The zero-order valence-corrected chi connectivity index (χ0v) is 10.4. The minimum absolute atomic E-state index is 0.0309. The molecule has 0 spiro atoms. The highest BCUT2D eigenvalue weighted by atomic mass is 16.3. The van der Waals surface area contributed by atoms with Gasteiger partial charge >= 0.3 is 0 Å². The zero-order valence-electron chi connectivity index (χ0n) is 10.4. The maximum Gasteiger partial charge on any atom is 0.245 e. The lowest BCUT2D eigenvalue weighted by Crippen LogP contribution is -2.41. The van der Waals surface area contributed by atoms with Crippen LogP contribution in [0.2, 0.25) is 0 Å². The van der Waals surface area contributed by atoms with Crippen LogP contribution in [0.4, 0.5) is 0 Å². The lowest BCUT2D eigenvalue weighted by atomic mass is 10.2. The molecular weight excluding hydrogens is 216 g/mol. The molecule has 0 fully saturated rings. The number of rotatable bonds is 6. The maximum absolute atomic E-state index is 11.0. The van der Waals surface area contributed by atoms with Gasteiger partial charge in [-0.25, -0.2) is 0 Å². The number of carbonyl (C=O) groups is 1. The molecule has 4 heteroatoms. The largest absolute Gasteiger partial charge is 0.387 e. The number of aliphatic hydroxyl groups excluding tert-OH is 1. The smallest absolute Gasteiger partial charge is 0.245 e. The Labute approximate surface area is 102 Å². The molecule has 94 valence electrons. The van der Waals surface area contributed by atoms with Crippen molar-refractivity contribution in [3.8, 4) is 0 Å². The molecule has 1 rings (SSSR count). The highest BCUT2D eigenvalue weighted by molar-refractivity contribution is 5.77. The summed E-state index contributed by atoms with van der Waals surface area (Å²) in [6, 6.07) is 10.2. The fraction of sp³-hybridized carbons (Fsp3) is 0.462. The van der Waals surface area contributed by atoms with Crippen molar-refractivity contribution in [1.82, 2.24) is 10.2 Å². The number of benzene rings is 1. The Balaban J connectivity index is 2.34. The molecule has 17 heavy (non-hydrogen) atoms. The van der Waals surface area contributed by atoms with E-state index in [1.54, 1.807) is 0 Å². The van der Waals surface area contributed by atoms with Gasteiger partial charge in [0, 0.05) is 19.1 Å². The zero-order chi connectivity index (χ0) is 12.7. The van der Waals surface area contributed by atoms with Crippen LogP contribution in [0.1, 0.15) is 12.5 Å². The van der Waals surface area contributed by atoms with E-state index in [2.05, 4.69) is 22.3 Å². The number of carbonyl (C=O) groups excluding carboxylic acids is 1. The first-order valence-corrected chi connectivity index (χ1v) is 5.74. The van der Waals surface area contributed by atoms with E-state index in [1.807, 2.05) is 32.2 Å². The topological polar surface area (TPSA) is 52.6 Å². The first-order valence-electron chi connectivity index (χ1n) is 5.74. The van der Waals surface area contributed by atoms with Crippen LogP contribution >= 0.6 is 0 Å². The van der Waals surface area contributed by atoms with Crippen LogP contribution in [-0.2, 0) is 11.3 Å². The summed E-state index contributed by atoms with van der Waals surface area (Å²) < 4.78 is 0. The molecule has 0 saturated heterocycles. The normalized spacial score (nSPS) is 12.5. The average Bonchev–Trinajstić information content (AvgIpc) is 2.29. The van der Waals surface area contributed by atoms with E-state index in [-0.39, 0.29) is 11.9 Å². The fourth-order valence-electron chi connectivity index (χ4n) is 1.79. The van der Waals surface area contributed by atoms with E-state index in [1.165, 1.54) is 5.56 Å². The van der Waals surface area contributed by atoms with E-state index in [0.29, 0.717) is 0 Å². The molecule has 0 heterocycles. The van der Waals surface area contributed by atoms with E-state index < -0.39 is 6.61 Å². The van der Waals surface area contributed by atoms with Gasteiger partial charge in [-0.1, -0.05) is 30.3 Å². The molecule has 0 aliphatic heterocycles. The van der Waals surface area contributed by atoms with Crippen molar-refractivity contribution < 1.29 is 9.90 Å². The Morgan fingerprint density at radius 1 is 1.41 bits per heavy atom. The third-order valence-corrected chi connectivity index (χ3v) is 2.43. The number of amides is 1. The van der Waals surface area contributed by atoms with Crippen molar-refractivity contribution in [1.29, 1.82) is 0 Å². The number of hydrogen-bond donors (Lipinski definition) is 2. The van der Waals surface area contributed by atoms with Crippen molar-refractivity contribution >= 4 is 5.91 Å². The summed E-state index contributed by atoms with van der Waals surface area (Å²) in [4.78, 5) is 13.1. The summed E-state index contributed by atoms with van der Waals surface area (Å²) >= 11 is 0. The van der Waals surface area contributed by atoms with Gasteiger partial charge < -0.3 is 15.3 Å². The molecule has 0 bridgehead atoms. The molecule has 0 aliphatic rings. The van der Waals surface area contributed by atoms with Gasteiger partial charge in [0.15, 0.2) is 0 Å². The van der Waals surface area contributed by atoms with Crippen LogP contribution in [0.15, 0.2) is 30.3 Å². The quantitative estimate of drug-likeness (QED) is 0.761. The van der Waals surface area contributed by atoms with Gasteiger partial charge in [0.2, 0.25) is 5.91 Å². The number of hydrogen-bond acceptors (Lipinski definition) is 3. The van der Waals surface area contributed by atoms with Crippen molar-refractivity contribution in [2.45, 2.75) is 19.5 Å². The van der Waals surface area contributed by atoms with Gasteiger partial charge in [-0.05, 0) is 19.5 Å². The third-order valence-electron chi connectivity index (χ3n) is 2.43. The Kier molecular flexibility index (Phi) is 5.66. The summed E-state index contributed by atoms with van der Waals surface area (Å²) in [7, 11) is 2.01. The van der Waals surface area contributed by atoms with Gasteiger partial charge in [0.1, 0.15) is 6.61 Å². The monoisotopic (exact) mass is 236 g/mol. The highest BCUT2D eigenvalue weighted by Crippen LogP contribution is 2.02. The molecule has 0 aliphatic carbocycles. The molecule has 0 saturated carbocycles. The fourth-order valence-corrected chi connectivity index (χ4v) is 1.79. The van der Waals surface area contributed by atoms with Crippen molar-refractivity contribution in [2.24, 2.45) is 0 Å². The Bertz CT molecular complexity index is 341. The third kappa shape index (κ3) is 5.47. The molecule has 1 aromatic carbocycles. The summed E-state index contributed by atoms with van der Waals surface area (Å²) in [6.45, 7) is 3.07. The van der Waals surface area contributed by atoms with Gasteiger partial charge in [0.05, 0.1) is 0 Å². The van der Waals surface area contributed by atoms with E-state index in [9.17, 15) is 4.79 Å². The predicted octanol–water partition coefficient (Wildman–Crippen LogP) is 0.615. The minimum atomic E-state index is -0.452. The second kappa shape index (κ2) is 7.04. The molecule has 1 amide bonds. The summed E-state index contributed by atoms with van der Waals surface area (Å²) in [6.07, 6.45) is 0. The second-order valence-electron chi connectivity index (χ2n) is 4.31. The van der Waals surface area contributed by atoms with Crippen LogP contribution in [0.3, 0.4) is 0 Å². The molecule has 2 N–H and O–H groups in total. The van der Waals surface area contributed by atoms with Gasteiger partial charge in [-0.2, -0.15) is 0 Å². The molecule has 1 aromatic rings. The number of nitrogens with zero attached hydrogens (tertiary/aromatic N) is 1. The molecular formula is C13H20N2O2. The van der Waals surface area contributed by atoms with Crippen molar-refractivity contribution in [2.75, 3.05) is 20.2 Å². The van der Waals surface area contributed by atoms with Crippen LogP contribution in [0.5, 0.6) is 0 Å². The first kappa shape index (κ1) is 13.7. The van der Waals surface area contributed by atoms with Gasteiger partial charge in [-0.15, -0.1) is 0 Å². The minimum Gasteiger partial charge on any atom is -0.387 e. The molecule has 1 atom stereocenters. The van der Waals surface area contributed by atoms with Crippen LogP contribution in [-0.4, -0.2) is 42.2 Å². The van der Waals surface area contributed by atoms with E-state index in [0.717, 1.165) is 13.1 Å². The Morgan fingerprint density at radius 3 is 2.65 bits per heavy atom. The van der Waals surface area contributed by atoms with Crippen LogP contribution in [0, 0.1) is 0 Å². The van der Waals surface area contributed by atoms with Crippen LogP contribution in [0.25, 0.3) is 0 Å². The summed E-state index contributed by atoms with van der Waals surface area (Å²) in [5.41, 5.74) is 1.25. The number of likely N-dealkylation sites (N-methyl/N-ethyl adjacent to an activating group) is 1. The van der Waals surface area contributed by atoms with Gasteiger partial charge in [-0.3, -0.25) is 4.79 Å². The maximum atomic E-state index is 11.0. The number of nitrogens with one attached hydrogen (secondary N) is 1. The Morgan fingerprint density at radius 2 is 2.06 bits per heavy atom. The molecule has 0 radical (unpaired) electrons. The summed E-state index contributed by atoms with van der Waals surface area (Å²) in [5.74, 6) is -0.328. The van der Waals surface area contributed by atoms with E-state index >= 15 is 0 Å². The molecule has 1 unspecified atom stereocenters. The van der Waals surface area contributed by atoms with Crippen molar-refractivity contribution in [3.05, 3.63) is 35.9 Å². The highest BCUT2D eigenvalue weighted by Gasteiger charge is 2.09. The number of aliphatic hydroxyl groups is 1.